The van der Waals surface area contributed by atoms with Crippen molar-refractivity contribution >= 4 is 0 Å². The van der Waals surface area contributed by atoms with Crippen LogP contribution in [0.3, 0.4) is 0 Å². The number of hydrogen-bond donors (Lipinski definition) is 0. The van der Waals surface area contributed by atoms with E-state index in [9.17, 15) is 0 Å². The van der Waals surface area contributed by atoms with Crippen molar-refractivity contribution in [1.29, 1.82) is 0 Å². The molecule has 0 amide bonds. The maximum atomic E-state index is 4.20. The van der Waals surface area contributed by atoms with Crippen molar-refractivity contribution < 1.29 is 0 Å². The second kappa shape index (κ2) is 37.5. The van der Waals surface area contributed by atoms with Crippen LogP contribution >= 0.6 is 0 Å². The summed E-state index contributed by atoms with van der Waals surface area (Å²) in [5, 5.41) is 33.1. The van der Waals surface area contributed by atoms with E-state index < -0.39 is 0 Å². The number of unbranched alkanes of at least 4 members (excludes halogenated alkanes) is 3. The minimum absolute atomic E-state index is 0.659. The third-order valence-corrected chi connectivity index (χ3v) is 11.8. The Hall–Kier alpha value is -3.44. The van der Waals surface area contributed by atoms with Gasteiger partial charge in [0.05, 0.1) is 35.2 Å². The Morgan fingerprint density at radius 3 is 1.30 bits per heavy atom. The summed E-state index contributed by atoms with van der Waals surface area (Å²) in [6, 6.07) is 0. The van der Waals surface area contributed by atoms with Gasteiger partial charge in [0.1, 0.15) is 0 Å². The molecule has 4 aromatic heterocycles. The molecule has 67 heavy (non-hydrogen) atoms. The predicted molar refractivity (Wildman–Crippen MR) is 283 cm³/mol. The molecular weight excluding hydrogens is 829 g/mol. The molecule has 4 rings (SSSR count). The van der Waals surface area contributed by atoms with Gasteiger partial charge in [-0.15, -0.1) is 20.4 Å². The second-order valence-electron chi connectivity index (χ2n) is 22.8. The average molecular weight is 936 g/mol. The summed E-state index contributed by atoms with van der Waals surface area (Å²) in [5.41, 5.74) is 4.87. The van der Waals surface area contributed by atoms with Gasteiger partial charge in [-0.3, -0.25) is 9.36 Å². The van der Waals surface area contributed by atoms with E-state index in [1.165, 1.54) is 108 Å². The molecule has 4 heterocycles. The molecule has 0 spiro atoms. The first-order valence-electron chi connectivity index (χ1n) is 27.4. The van der Waals surface area contributed by atoms with E-state index in [1.807, 2.05) is 21.8 Å². The monoisotopic (exact) mass is 935 g/mol. The number of rotatable bonds is 31. The number of aromatic nitrogens is 12. The lowest BCUT2D eigenvalue weighted by atomic mass is 10.0. The molecule has 12 nitrogen and oxygen atoms in total. The van der Waals surface area contributed by atoms with Crippen LogP contribution in [0, 0.1) is 47.3 Å². The molecule has 0 saturated heterocycles. The van der Waals surface area contributed by atoms with E-state index in [0.29, 0.717) is 5.92 Å². The van der Waals surface area contributed by atoms with Gasteiger partial charge in [0.15, 0.2) is 0 Å². The highest BCUT2D eigenvalue weighted by atomic mass is 15.4. The number of hydrogen-bond acceptors (Lipinski definition) is 8. The van der Waals surface area contributed by atoms with Crippen LogP contribution in [0.5, 0.6) is 0 Å². The lowest BCUT2D eigenvalue weighted by Gasteiger charge is -2.08. The summed E-state index contributed by atoms with van der Waals surface area (Å²) in [5.74, 6) is 6.13. The molecule has 0 radical (unpaired) electrons. The van der Waals surface area contributed by atoms with Crippen molar-refractivity contribution in [2.45, 2.75) is 259 Å². The van der Waals surface area contributed by atoms with E-state index in [-0.39, 0.29) is 0 Å². The van der Waals surface area contributed by atoms with Gasteiger partial charge in [0.2, 0.25) is 0 Å². The summed E-state index contributed by atoms with van der Waals surface area (Å²) in [6.45, 7) is 40.2. The molecular formula is C55H106N12. The van der Waals surface area contributed by atoms with Gasteiger partial charge in [-0.25, -0.2) is 9.36 Å². The Morgan fingerprint density at radius 2 is 0.761 bits per heavy atom. The highest BCUT2D eigenvalue weighted by molar-refractivity contribution is 4.95. The van der Waals surface area contributed by atoms with E-state index in [1.54, 1.807) is 0 Å². The Kier molecular flexibility index (Phi) is 34.4. The van der Waals surface area contributed by atoms with Crippen molar-refractivity contribution in [2.75, 3.05) is 0 Å². The fraction of sp³-hybridized carbons (Fsp3) is 0.855. The number of nitrogens with zero attached hydrogens (tertiary/aromatic N) is 12. The zero-order valence-corrected chi connectivity index (χ0v) is 46.6. The van der Waals surface area contributed by atoms with Crippen molar-refractivity contribution in [3.05, 3.63) is 47.6 Å². The average Bonchev–Trinajstić information content (AvgIpc) is 4.07. The third kappa shape index (κ3) is 34.5. The van der Waals surface area contributed by atoms with Crippen LogP contribution < -0.4 is 0 Å². The molecule has 0 unspecified atom stereocenters. The van der Waals surface area contributed by atoms with E-state index in [4.69, 9.17) is 0 Å². The standard InChI is InChI=1S/C15H29N3.C14H27N3.2C13H25N3/c1-13(2)8-5-6-10-15-12-16-17-18(15)11-7-9-14(3)4;1-12(2)8-6-5-7-9-17-11-14(15-16-17)10-13(3)4;1-11(2)6-5-7-13-10-16(15-14-13)9-8-12(3)4;1-11(2)6-5-7-13-10-14-15-16(13)9-8-12(3)4/h12-14H,5-11H2,1-4H3;11-13H,5-10H2,1-4H3;2*10-12H,5-9H2,1-4H3. The fourth-order valence-electron chi connectivity index (χ4n) is 7.51. The molecule has 386 valence electrons. The quantitative estimate of drug-likeness (QED) is 0.0457. The normalized spacial score (nSPS) is 11.6. The molecule has 0 aliphatic heterocycles. The Bertz CT molecular complexity index is 1690. The van der Waals surface area contributed by atoms with Gasteiger partial charge in [0, 0.05) is 38.6 Å². The molecule has 0 aliphatic carbocycles. The maximum absolute atomic E-state index is 4.20. The molecule has 0 atom stereocenters. The Balaban J connectivity index is 0.000000447. The van der Waals surface area contributed by atoms with Crippen LogP contribution in [0.2, 0.25) is 0 Å². The van der Waals surface area contributed by atoms with Crippen LogP contribution in [-0.4, -0.2) is 60.0 Å². The zero-order valence-electron chi connectivity index (χ0n) is 46.6. The van der Waals surface area contributed by atoms with E-state index >= 15 is 0 Å². The first kappa shape index (κ1) is 61.6. The summed E-state index contributed by atoms with van der Waals surface area (Å²) < 4.78 is 8.13. The first-order valence-corrected chi connectivity index (χ1v) is 27.4. The van der Waals surface area contributed by atoms with Crippen molar-refractivity contribution in [1.82, 2.24) is 60.0 Å². The van der Waals surface area contributed by atoms with Gasteiger partial charge >= 0.3 is 0 Å². The zero-order chi connectivity index (χ0) is 50.0. The molecule has 0 saturated carbocycles. The van der Waals surface area contributed by atoms with Crippen LogP contribution in [0.1, 0.15) is 230 Å². The molecule has 0 fully saturated rings. The minimum atomic E-state index is 0.659. The van der Waals surface area contributed by atoms with E-state index in [0.717, 1.165) is 105 Å². The van der Waals surface area contributed by atoms with Crippen LogP contribution in [0.25, 0.3) is 0 Å². The van der Waals surface area contributed by atoms with Gasteiger partial charge < -0.3 is 0 Å². The van der Waals surface area contributed by atoms with Gasteiger partial charge in [-0.2, -0.15) is 0 Å². The minimum Gasteiger partial charge on any atom is -0.252 e. The molecule has 0 aromatic carbocycles. The van der Waals surface area contributed by atoms with Crippen LogP contribution in [0.15, 0.2) is 24.8 Å². The molecule has 0 aliphatic rings. The molecule has 0 bridgehead atoms. The predicted octanol–water partition coefficient (Wildman–Crippen LogP) is 14.4. The van der Waals surface area contributed by atoms with Crippen LogP contribution in [-0.2, 0) is 51.9 Å². The number of aryl methyl sites for hydroxylation is 7. The highest BCUT2D eigenvalue weighted by Crippen LogP contribution is 2.14. The largest absolute Gasteiger partial charge is 0.252 e. The molecule has 4 aromatic rings. The first-order chi connectivity index (χ1) is 31.8. The lowest BCUT2D eigenvalue weighted by Crippen LogP contribution is -2.07. The summed E-state index contributed by atoms with van der Waals surface area (Å²) >= 11 is 0. The maximum Gasteiger partial charge on any atom is 0.0829 e. The fourth-order valence-corrected chi connectivity index (χ4v) is 7.51. The third-order valence-electron chi connectivity index (χ3n) is 11.8. The van der Waals surface area contributed by atoms with Gasteiger partial charge in [0.25, 0.3) is 0 Å². The van der Waals surface area contributed by atoms with Crippen molar-refractivity contribution in [3.63, 3.8) is 0 Å². The van der Waals surface area contributed by atoms with E-state index in [2.05, 4.69) is 174 Å². The van der Waals surface area contributed by atoms with Crippen molar-refractivity contribution in [2.24, 2.45) is 47.3 Å². The van der Waals surface area contributed by atoms with Gasteiger partial charge in [-0.1, -0.05) is 177 Å². The topological polar surface area (TPSA) is 123 Å². The molecule has 12 heteroatoms. The smallest absolute Gasteiger partial charge is 0.0829 e. The SMILES string of the molecule is CC(C)CCCCCn1cc(CC(C)C)nn1.CC(C)CCCCc1cnnn1CCCC(C)C.CC(C)CCCc1cn(CCC(C)C)nn1.CC(C)CCCc1cnnn1CCC(C)C. The second-order valence-corrected chi connectivity index (χ2v) is 22.8. The highest BCUT2D eigenvalue weighted by Gasteiger charge is 2.08. The van der Waals surface area contributed by atoms with Gasteiger partial charge in [-0.05, 0) is 124 Å². The summed E-state index contributed by atoms with van der Waals surface area (Å²) in [4.78, 5) is 0. The molecule has 0 N–H and O–H groups in total. The summed E-state index contributed by atoms with van der Waals surface area (Å²) in [6.07, 6.45) is 31.4. The summed E-state index contributed by atoms with van der Waals surface area (Å²) in [7, 11) is 0. The van der Waals surface area contributed by atoms with Crippen LogP contribution in [0.4, 0.5) is 0 Å². The van der Waals surface area contributed by atoms with Crippen molar-refractivity contribution in [3.8, 4) is 0 Å². The Labute approximate surface area is 412 Å². The Morgan fingerprint density at radius 1 is 0.343 bits per heavy atom. The lowest BCUT2D eigenvalue weighted by molar-refractivity contribution is 0.460.